The molecule has 0 bridgehead atoms. The molecular formula is C25H30N4O3S. The zero-order valence-electron chi connectivity index (χ0n) is 19.5. The van der Waals surface area contributed by atoms with Crippen molar-refractivity contribution in [2.45, 2.75) is 45.3 Å². The number of benzene rings is 2. The lowest BCUT2D eigenvalue weighted by Crippen LogP contribution is -2.33. The highest BCUT2D eigenvalue weighted by atomic mass is 32.2. The molecule has 1 unspecified atom stereocenters. The Morgan fingerprint density at radius 2 is 1.88 bits per heavy atom. The molecule has 1 aliphatic heterocycles. The van der Waals surface area contributed by atoms with Gasteiger partial charge in [0.1, 0.15) is 5.82 Å². The van der Waals surface area contributed by atoms with Crippen LogP contribution in [0.4, 0.5) is 0 Å². The van der Waals surface area contributed by atoms with Crippen LogP contribution in [-0.4, -0.2) is 39.6 Å². The fraction of sp³-hybridized carbons (Fsp3) is 0.400. The minimum Gasteiger partial charge on any atom is -0.490 e. The second-order valence-electron chi connectivity index (χ2n) is 8.54. The van der Waals surface area contributed by atoms with Gasteiger partial charge >= 0.3 is 0 Å². The van der Waals surface area contributed by atoms with E-state index in [4.69, 9.17) is 9.47 Å². The number of fused-ring (bicyclic) bond motifs is 1. The van der Waals surface area contributed by atoms with Crippen LogP contribution in [0.25, 0.3) is 5.69 Å². The van der Waals surface area contributed by atoms with Gasteiger partial charge in [-0.3, -0.25) is 9.36 Å². The molecule has 2 aromatic carbocycles. The van der Waals surface area contributed by atoms with Crippen LogP contribution >= 0.6 is 11.8 Å². The summed E-state index contributed by atoms with van der Waals surface area (Å²) in [6.07, 6.45) is 0.859. The van der Waals surface area contributed by atoms with Gasteiger partial charge in [-0.25, -0.2) is 0 Å². The maximum atomic E-state index is 12.9. The predicted molar refractivity (Wildman–Crippen MR) is 129 cm³/mol. The monoisotopic (exact) mass is 466 g/mol. The summed E-state index contributed by atoms with van der Waals surface area (Å²) in [5.74, 6) is 2.69. The molecule has 3 aromatic rings. The fourth-order valence-corrected chi connectivity index (χ4v) is 4.66. The molecule has 0 radical (unpaired) electrons. The highest BCUT2D eigenvalue weighted by Crippen LogP contribution is 2.34. The van der Waals surface area contributed by atoms with Crippen molar-refractivity contribution in [1.29, 1.82) is 0 Å². The molecule has 2 heterocycles. The van der Waals surface area contributed by atoms with E-state index in [1.165, 1.54) is 11.8 Å². The molecule has 0 fully saturated rings. The van der Waals surface area contributed by atoms with Gasteiger partial charge in [-0.05, 0) is 55.2 Å². The first-order valence-corrected chi connectivity index (χ1v) is 12.2. The molecule has 8 heteroatoms. The summed E-state index contributed by atoms with van der Waals surface area (Å²) in [6.45, 7) is 9.44. The van der Waals surface area contributed by atoms with E-state index in [1.54, 1.807) is 0 Å². The summed E-state index contributed by atoms with van der Waals surface area (Å²) in [4.78, 5) is 12.9. The average molecular weight is 467 g/mol. The smallest absolute Gasteiger partial charge is 0.230 e. The molecule has 4 rings (SSSR count). The van der Waals surface area contributed by atoms with Gasteiger partial charge in [0.05, 0.1) is 25.0 Å². The zero-order valence-corrected chi connectivity index (χ0v) is 20.3. The number of ether oxygens (including phenoxy) is 2. The average Bonchev–Trinajstić information content (AvgIpc) is 3.00. The molecule has 33 heavy (non-hydrogen) atoms. The molecule has 1 atom stereocenters. The van der Waals surface area contributed by atoms with Crippen molar-refractivity contribution in [3.8, 4) is 17.2 Å². The number of amides is 1. The van der Waals surface area contributed by atoms with E-state index in [2.05, 4.69) is 48.4 Å². The summed E-state index contributed by atoms with van der Waals surface area (Å²) in [7, 11) is 0. The Labute approximate surface area is 198 Å². The number of nitrogens with one attached hydrogen (secondary N) is 1. The number of rotatable bonds is 7. The van der Waals surface area contributed by atoms with Crippen molar-refractivity contribution in [2.75, 3.05) is 19.0 Å². The fourth-order valence-electron chi connectivity index (χ4n) is 3.85. The second-order valence-corrected chi connectivity index (χ2v) is 9.48. The Bertz CT molecular complexity index is 1130. The lowest BCUT2D eigenvalue weighted by molar-refractivity contribution is -0.119. The third kappa shape index (κ3) is 5.50. The summed E-state index contributed by atoms with van der Waals surface area (Å²) in [5.41, 5.74) is 3.16. The standard InChI is InChI=1S/C25H30N4O3S/c1-16(2)24(19-9-10-21-22(14-19)32-12-6-11-31-21)26-23(30)15-33-25-28-27-18(4)29(25)20-8-5-7-17(3)13-20/h5,7-10,13-14,16,24H,6,11-12,15H2,1-4H3,(H,26,30). The SMILES string of the molecule is Cc1cccc(-n2c(C)nnc2SCC(=O)NC(c2ccc3c(c2)OCCCO3)C(C)C)c1. The normalized spacial score (nSPS) is 14.1. The van der Waals surface area contributed by atoms with Crippen LogP contribution in [-0.2, 0) is 4.79 Å². The number of nitrogens with zero attached hydrogens (tertiary/aromatic N) is 3. The summed E-state index contributed by atoms with van der Waals surface area (Å²) in [5, 5.41) is 12.4. The first-order valence-electron chi connectivity index (χ1n) is 11.2. The van der Waals surface area contributed by atoms with Gasteiger partial charge in [0.25, 0.3) is 0 Å². The van der Waals surface area contributed by atoms with Crippen LogP contribution in [0.5, 0.6) is 11.5 Å². The van der Waals surface area contributed by atoms with Crippen molar-refractivity contribution >= 4 is 17.7 Å². The highest BCUT2D eigenvalue weighted by molar-refractivity contribution is 7.99. The van der Waals surface area contributed by atoms with E-state index in [0.717, 1.165) is 40.6 Å². The van der Waals surface area contributed by atoms with Gasteiger partial charge < -0.3 is 14.8 Å². The predicted octanol–water partition coefficient (Wildman–Crippen LogP) is 4.65. The van der Waals surface area contributed by atoms with Crippen molar-refractivity contribution in [3.05, 3.63) is 59.4 Å². The lowest BCUT2D eigenvalue weighted by atomic mass is 9.95. The Kier molecular flexibility index (Phi) is 7.23. The highest BCUT2D eigenvalue weighted by Gasteiger charge is 2.22. The van der Waals surface area contributed by atoms with E-state index >= 15 is 0 Å². The number of hydrogen-bond acceptors (Lipinski definition) is 6. The molecule has 1 aromatic heterocycles. The van der Waals surface area contributed by atoms with Gasteiger partial charge in [-0.1, -0.05) is 43.8 Å². The minimum atomic E-state index is -0.133. The number of aryl methyl sites for hydroxylation is 2. The van der Waals surface area contributed by atoms with E-state index in [1.807, 2.05) is 41.8 Å². The zero-order chi connectivity index (χ0) is 23.4. The van der Waals surface area contributed by atoms with E-state index in [-0.39, 0.29) is 23.6 Å². The molecule has 0 spiro atoms. The molecular weight excluding hydrogens is 436 g/mol. The van der Waals surface area contributed by atoms with Crippen LogP contribution in [0, 0.1) is 19.8 Å². The molecule has 174 valence electrons. The number of carbonyl (C=O) groups excluding carboxylic acids is 1. The van der Waals surface area contributed by atoms with E-state index in [0.29, 0.717) is 18.4 Å². The molecule has 1 aliphatic rings. The third-order valence-corrected chi connectivity index (χ3v) is 6.43. The van der Waals surface area contributed by atoms with Crippen LogP contribution in [0.1, 0.15) is 43.3 Å². The summed E-state index contributed by atoms with van der Waals surface area (Å²) >= 11 is 1.38. The van der Waals surface area contributed by atoms with Crippen molar-refractivity contribution in [2.24, 2.45) is 5.92 Å². The van der Waals surface area contributed by atoms with E-state index in [9.17, 15) is 4.79 Å². The van der Waals surface area contributed by atoms with Crippen LogP contribution < -0.4 is 14.8 Å². The Hall–Kier alpha value is -3.00. The summed E-state index contributed by atoms with van der Waals surface area (Å²) < 4.78 is 13.6. The van der Waals surface area contributed by atoms with Gasteiger partial charge in [0.15, 0.2) is 16.7 Å². The molecule has 0 saturated heterocycles. The quantitative estimate of drug-likeness (QED) is 0.511. The first kappa shape index (κ1) is 23.2. The largest absolute Gasteiger partial charge is 0.490 e. The molecule has 1 N–H and O–H groups in total. The maximum Gasteiger partial charge on any atom is 0.230 e. The first-order chi connectivity index (χ1) is 15.9. The molecule has 0 saturated carbocycles. The molecule has 0 aliphatic carbocycles. The Balaban J connectivity index is 1.46. The van der Waals surface area contributed by atoms with Crippen LogP contribution in [0.3, 0.4) is 0 Å². The van der Waals surface area contributed by atoms with E-state index < -0.39 is 0 Å². The van der Waals surface area contributed by atoms with Crippen LogP contribution in [0.2, 0.25) is 0 Å². The van der Waals surface area contributed by atoms with Crippen molar-refractivity contribution in [1.82, 2.24) is 20.1 Å². The third-order valence-electron chi connectivity index (χ3n) is 5.50. The maximum absolute atomic E-state index is 12.9. The lowest BCUT2D eigenvalue weighted by Gasteiger charge is -2.24. The van der Waals surface area contributed by atoms with Gasteiger partial charge in [-0.15, -0.1) is 10.2 Å². The van der Waals surface area contributed by atoms with Gasteiger partial charge in [0.2, 0.25) is 5.91 Å². The molecule has 1 amide bonds. The number of thioether (sulfide) groups is 1. The Morgan fingerprint density at radius 3 is 2.64 bits per heavy atom. The minimum absolute atomic E-state index is 0.0535. The van der Waals surface area contributed by atoms with Crippen LogP contribution in [0.15, 0.2) is 47.6 Å². The molecule has 7 nitrogen and oxygen atoms in total. The number of carbonyl (C=O) groups is 1. The second kappa shape index (κ2) is 10.3. The van der Waals surface area contributed by atoms with Crippen molar-refractivity contribution < 1.29 is 14.3 Å². The Morgan fingerprint density at radius 1 is 1.09 bits per heavy atom. The van der Waals surface area contributed by atoms with Crippen molar-refractivity contribution in [3.63, 3.8) is 0 Å². The van der Waals surface area contributed by atoms with Gasteiger partial charge in [-0.2, -0.15) is 0 Å². The topological polar surface area (TPSA) is 78.3 Å². The summed E-state index contributed by atoms with van der Waals surface area (Å²) in [6, 6.07) is 13.9. The number of hydrogen-bond donors (Lipinski definition) is 1. The van der Waals surface area contributed by atoms with Gasteiger partial charge in [0, 0.05) is 12.1 Å². The number of aromatic nitrogens is 3.